The number of aromatic nitrogens is 3. The van der Waals surface area contributed by atoms with Gasteiger partial charge in [-0.05, 0) is 61.1 Å². The summed E-state index contributed by atoms with van der Waals surface area (Å²) >= 11 is 0.875. The lowest BCUT2D eigenvalue weighted by Gasteiger charge is -2.36. The monoisotopic (exact) mass is 738 g/mol. The van der Waals surface area contributed by atoms with Gasteiger partial charge in [-0.2, -0.15) is 14.0 Å². The van der Waals surface area contributed by atoms with Crippen LogP contribution in [0.5, 0.6) is 0 Å². The van der Waals surface area contributed by atoms with Crippen LogP contribution >= 0.6 is 11.5 Å². The molecule has 12 nitrogen and oxygen atoms in total. The second-order valence-corrected chi connectivity index (χ2v) is 14.3. The molecule has 0 unspecified atom stereocenters. The fourth-order valence-electron chi connectivity index (χ4n) is 6.79. The van der Waals surface area contributed by atoms with Gasteiger partial charge in [0.2, 0.25) is 17.6 Å². The predicted octanol–water partition coefficient (Wildman–Crippen LogP) is 4.90. The fraction of sp³-hybridized carbons (Fsp3) is 0.500. The Morgan fingerprint density at radius 1 is 1.04 bits per heavy atom. The van der Waals surface area contributed by atoms with E-state index in [4.69, 9.17) is 5.26 Å². The number of amides is 3. The number of Topliss-reactive ketones (excluding diaryl/α,β-unsaturated/α-hetero) is 1. The lowest BCUT2D eigenvalue weighted by Crippen LogP contribution is -2.55. The summed E-state index contributed by atoms with van der Waals surface area (Å²) < 4.78 is 50.3. The lowest BCUT2D eigenvalue weighted by atomic mass is 9.81. The minimum absolute atomic E-state index is 0.134. The van der Waals surface area contributed by atoms with E-state index in [1.807, 2.05) is 7.05 Å². The van der Waals surface area contributed by atoms with Crippen molar-refractivity contribution in [2.24, 2.45) is 11.8 Å². The number of nitrogens with one attached hydrogen (secondary N) is 2. The molecule has 0 spiro atoms. The van der Waals surface area contributed by atoms with Crippen LogP contribution in [0, 0.1) is 29.0 Å². The largest absolute Gasteiger partial charge is 0.339 e. The second kappa shape index (κ2) is 17.2. The molecule has 1 aromatic carbocycles. The quantitative estimate of drug-likeness (QED) is 0.247. The minimum atomic E-state index is -4.00. The van der Waals surface area contributed by atoms with Gasteiger partial charge in [-0.3, -0.25) is 24.2 Å². The number of anilines is 1. The molecule has 16 heteroatoms. The van der Waals surface area contributed by atoms with Crippen molar-refractivity contribution in [3.8, 4) is 6.07 Å². The maximum atomic E-state index is 15.8. The topological polar surface area (TPSA) is 161 Å². The zero-order chi connectivity index (χ0) is 37.4. The van der Waals surface area contributed by atoms with Gasteiger partial charge in [0, 0.05) is 62.4 Å². The molecule has 2 aromatic heterocycles. The molecular weight excluding hydrogens is 698 g/mol. The molecule has 2 aliphatic rings. The average molecular weight is 739 g/mol. The number of benzene rings is 1. The number of nitriles is 1. The van der Waals surface area contributed by atoms with Crippen molar-refractivity contribution >= 4 is 40.7 Å². The normalized spacial score (nSPS) is 17.7. The Hall–Kier alpha value is -4.75. The Morgan fingerprint density at radius 3 is 2.38 bits per heavy atom. The number of likely N-dealkylation sites (N-methyl/N-ethyl adjacent to an activating group) is 1. The predicted molar refractivity (Wildman–Crippen MR) is 186 cm³/mol. The van der Waals surface area contributed by atoms with Crippen LogP contribution in [-0.4, -0.2) is 87.1 Å². The van der Waals surface area contributed by atoms with Crippen molar-refractivity contribution in [2.45, 2.75) is 69.8 Å². The molecule has 2 fully saturated rings. The first-order valence-electron chi connectivity index (χ1n) is 17.3. The Balaban J connectivity index is 1.36. The third-order valence-corrected chi connectivity index (χ3v) is 10.7. The third kappa shape index (κ3) is 9.18. The molecule has 1 saturated carbocycles. The number of ketones is 1. The summed E-state index contributed by atoms with van der Waals surface area (Å²) in [6, 6.07) is 5.59. The number of carbonyl (C=O) groups is 4. The fourth-order valence-corrected chi connectivity index (χ4v) is 7.20. The molecule has 3 atom stereocenters. The van der Waals surface area contributed by atoms with Crippen molar-refractivity contribution in [2.75, 3.05) is 38.5 Å². The Bertz CT molecular complexity index is 1790. The van der Waals surface area contributed by atoms with Gasteiger partial charge in [0.1, 0.15) is 22.8 Å². The van der Waals surface area contributed by atoms with E-state index < -0.39 is 59.2 Å². The Kier molecular flexibility index (Phi) is 12.7. The average Bonchev–Trinajstić information content (AvgIpc) is 3.56. The first-order valence-corrected chi connectivity index (χ1v) is 18.1. The molecule has 0 bridgehead atoms. The summed E-state index contributed by atoms with van der Waals surface area (Å²) in [5.41, 5.74) is -0.720. The van der Waals surface area contributed by atoms with E-state index >= 15 is 13.2 Å². The summed E-state index contributed by atoms with van der Waals surface area (Å²) in [7, 11) is 1.95. The Morgan fingerprint density at radius 2 is 1.75 bits per heavy atom. The van der Waals surface area contributed by atoms with Gasteiger partial charge in [-0.25, -0.2) is 4.39 Å². The number of alkyl halides is 2. The van der Waals surface area contributed by atoms with Crippen molar-refractivity contribution in [3.05, 3.63) is 70.2 Å². The highest BCUT2D eigenvalue weighted by atomic mass is 32.1. The van der Waals surface area contributed by atoms with Gasteiger partial charge in [0.05, 0.1) is 17.4 Å². The summed E-state index contributed by atoms with van der Waals surface area (Å²) in [6.45, 7) is 3.90. The molecule has 1 aliphatic heterocycles. The number of nitrogens with zero attached hydrogens (tertiary/aromatic N) is 6. The number of piperazine rings is 1. The molecule has 52 heavy (non-hydrogen) atoms. The van der Waals surface area contributed by atoms with Crippen LogP contribution in [0.3, 0.4) is 0 Å². The van der Waals surface area contributed by atoms with Crippen LogP contribution in [0.25, 0.3) is 0 Å². The number of carbonyl (C=O) groups excluding carboxylic acids is 4. The molecule has 5 rings (SSSR count). The number of hydrogen-bond donors (Lipinski definition) is 2. The number of pyridine rings is 1. The van der Waals surface area contributed by atoms with Crippen LogP contribution in [0.1, 0.15) is 84.1 Å². The van der Waals surface area contributed by atoms with Gasteiger partial charge in [0.25, 0.3) is 5.91 Å². The van der Waals surface area contributed by atoms with Crippen LogP contribution in [0.4, 0.5) is 18.9 Å². The maximum absolute atomic E-state index is 15.8. The Labute approximate surface area is 303 Å². The van der Waals surface area contributed by atoms with E-state index in [0.717, 1.165) is 55.7 Å². The van der Waals surface area contributed by atoms with Gasteiger partial charge < -0.3 is 20.4 Å². The van der Waals surface area contributed by atoms with Crippen LogP contribution < -0.4 is 10.6 Å². The van der Waals surface area contributed by atoms with Crippen molar-refractivity contribution in [1.82, 2.24) is 29.7 Å². The molecule has 0 radical (unpaired) electrons. The van der Waals surface area contributed by atoms with Crippen LogP contribution in [0.15, 0.2) is 42.9 Å². The highest BCUT2D eigenvalue weighted by molar-refractivity contribution is 7.07. The molecule has 1 saturated heterocycles. The first kappa shape index (κ1) is 38.5. The standard InChI is InChI=1S/C36H41F3N8O4S/c1-22(32(44-34(50)30-21-42-45-52-30)35(51)47-13-11-46(2)12-14-47)25-9-10-29(28(37)16-25)43-33(49)27(24-7-5-3-4-6-8-24)17-31(48)36(38,39)26-15-23(18-40)19-41-20-26/h9-10,15-16,19-22,24,27,32H,3-8,11-14,17H2,1-2H3,(H,43,49)(H,44,50)/t22-,27-,32+/m0/s1. The highest BCUT2D eigenvalue weighted by Gasteiger charge is 2.44. The number of halogens is 3. The van der Waals surface area contributed by atoms with Gasteiger partial charge in [-0.15, -0.1) is 5.10 Å². The lowest BCUT2D eigenvalue weighted by molar-refractivity contribution is -0.147. The maximum Gasteiger partial charge on any atom is 0.332 e. The smallest absolute Gasteiger partial charge is 0.332 e. The van der Waals surface area contributed by atoms with E-state index in [1.165, 1.54) is 24.4 Å². The zero-order valence-corrected chi connectivity index (χ0v) is 29.8. The molecular formula is C36H41F3N8O4S. The van der Waals surface area contributed by atoms with E-state index in [9.17, 15) is 19.2 Å². The molecule has 276 valence electrons. The molecule has 1 aliphatic carbocycles. The summed E-state index contributed by atoms with van der Waals surface area (Å²) in [5.74, 6) is -10.2. The summed E-state index contributed by atoms with van der Waals surface area (Å²) in [6.07, 6.45) is 6.88. The van der Waals surface area contributed by atoms with E-state index in [2.05, 4.69) is 30.1 Å². The van der Waals surface area contributed by atoms with Crippen molar-refractivity contribution < 1.29 is 32.3 Å². The highest BCUT2D eigenvalue weighted by Crippen LogP contribution is 2.37. The van der Waals surface area contributed by atoms with Gasteiger partial charge >= 0.3 is 5.92 Å². The molecule has 3 amide bonds. The third-order valence-electron chi connectivity index (χ3n) is 10.0. The SMILES string of the molecule is C[C@@H](c1ccc(NC(=O)[C@@H](CC(=O)C(F)(F)c2cncc(C#N)c2)C2CCCCCC2)c(F)c1)[C@@H](NC(=O)c1cnns1)C(=O)N1CCN(C)CC1. The zero-order valence-electron chi connectivity index (χ0n) is 29.0. The van der Waals surface area contributed by atoms with Crippen molar-refractivity contribution in [3.63, 3.8) is 0 Å². The second-order valence-electron chi connectivity index (χ2n) is 13.5. The van der Waals surface area contributed by atoms with Crippen molar-refractivity contribution in [1.29, 1.82) is 5.26 Å². The van der Waals surface area contributed by atoms with Gasteiger partial charge in [-0.1, -0.05) is 43.2 Å². The molecule has 2 N–H and O–H groups in total. The minimum Gasteiger partial charge on any atom is -0.339 e. The van der Waals surface area contributed by atoms with E-state index in [1.54, 1.807) is 17.9 Å². The molecule has 3 heterocycles. The number of hydrogen-bond acceptors (Lipinski definition) is 10. The van der Waals surface area contributed by atoms with E-state index in [-0.39, 0.29) is 28.0 Å². The first-order chi connectivity index (χ1) is 24.9. The number of rotatable bonds is 12. The molecule has 3 aromatic rings. The van der Waals surface area contributed by atoms with Crippen LogP contribution in [0.2, 0.25) is 0 Å². The van der Waals surface area contributed by atoms with E-state index in [0.29, 0.717) is 44.6 Å². The van der Waals surface area contributed by atoms with Crippen LogP contribution in [-0.2, 0) is 20.3 Å². The summed E-state index contributed by atoms with van der Waals surface area (Å²) in [5, 5.41) is 18.1. The summed E-state index contributed by atoms with van der Waals surface area (Å²) in [4.78, 5) is 61.3. The van der Waals surface area contributed by atoms with Gasteiger partial charge in [0.15, 0.2) is 0 Å².